The summed E-state index contributed by atoms with van der Waals surface area (Å²) in [7, 11) is 0. The number of hydrogen-bond acceptors (Lipinski definition) is 8. The topological polar surface area (TPSA) is 120 Å². The number of halogens is 1. The van der Waals surface area contributed by atoms with E-state index in [1.54, 1.807) is 32.6 Å². The first-order valence-corrected chi connectivity index (χ1v) is 16.2. The van der Waals surface area contributed by atoms with Crippen molar-refractivity contribution in [2.75, 3.05) is 22.9 Å². The van der Waals surface area contributed by atoms with Gasteiger partial charge in [0.25, 0.3) is 11.8 Å². The lowest BCUT2D eigenvalue weighted by atomic mass is 10.1. The molecule has 12 nitrogen and oxygen atoms in total. The molecule has 2 aromatic carbocycles. The lowest BCUT2D eigenvalue weighted by molar-refractivity contribution is 0.0954. The largest absolute Gasteiger partial charge is 0.487 e. The second kappa shape index (κ2) is 13.3. The van der Waals surface area contributed by atoms with Gasteiger partial charge in [0.2, 0.25) is 0 Å². The van der Waals surface area contributed by atoms with Gasteiger partial charge in [0, 0.05) is 25.4 Å². The highest BCUT2D eigenvalue weighted by atomic mass is 19.1. The van der Waals surface area contributed by atoms with Gasteiger partial charge in [-0.05, 0) is 60.0 Å². The van der Waals surface area contributed by atoms with Gasteiger partial charge in [-0.1, -0.05) is 36.4 Å². The number of ether oxygens (including phenoxy) is 2. The molecule has 0 N–H and O–H groups in total. The van der Waals surface area contributed by atoms with E-state index in [1.807, 2.05) is 66.7 Å². The molecular formula is C37H31FN8O4. The lowest BCUT2D eigenvalue weighted by Crippen LogP contribution is -2.40. The Morgan fingerprint density at radius 2 is 1.32 bits per heavy atom. The van der Waals surface area contributed by atoms with Crippen molar-refractivity contribution in [3.63, 3.8) is 0 Å². The van der Waals surface area contributed by atoms with Crippen LogP contribution in [0.3, 0.4) is 0 Å². The molecule has 0 saturated carbocycles. The zero-order valence-corrected chi connectivity index (χ0v) is 26.9. The van der Waals surface area contributed by atoms with Crippen LogP contribution in [0.2, 0.25) is 0 Å². The molecule has 6 heterocycles. The molecule has 0 aliphatic carbocycles. The molecule has 2 aliphatic heterocycles. The molecule has 8 rings (SSSR count). The summed E-state index contributed by atoms with van der Waals surface area (Å²) < 4.78 is 29.0. The predicted octanol–water partition coefficient (Wildman–Crippen LogP) is 5.08. The van der Waals surface area contributed by atoms with E-state index in [2.05, 4.69) is 20.2 Å². The SMILES string of the molecule is O=C1c2cc(COc3cccc(Cc4ccc(N5CCn6nc(COc7ccccc7)cc6C5=O)nc4)c3)nn2CCN1c1cncc(F)c1. The number of nitrogens with zero attached hydrogens (tertiary/aromatic N) is 8. The molecule has 0 spiro atoms. The van der Waals surface area contributed by atoms with Gasteiger partial charge in [-0.3, -0.25) is 28.8 Å². The van der Waals surface area contributed by atoms with Crippen LogP contribution in [-0.4, -0.2) is 54.4 Å². The number of pyridine rings is 2. The molecule has 50 heavy (non-hydrogen) atoms. The van der Waals surface area contributed by atoms with Gasteiger partial charge in [0.05, 0.1) is 31.2 Å². The molecule has 4 aromatic heterocycles. The summed E-state index contributed by atoms with van der Waals surface area (Å²) in [4.78, 5) is 38.2. The van der Waals surface area contributed by atoms with Crippen molar-refractivity contribution < 1.29 is 23.5 Å². The summed E-state index contributed by atoms with van der Waals surface area (Å²) in [5, 5.41) is 9.10. The highest BCUT2D eigenvalue weighted by Gasteiger charge is 2.29. The van der Waals surface area contributed by atoms with Crippen molar-refractivity contribution in [3.05, 3.63) is 143 Å². The summed E-state index contributed by atoms with van der Waals surface area (Å²) in [6.45, 7) is 2.32. The summed E-state index contributed by atoms with van der Waals surface area (Å²) in [6.07, 6.45) is 4.99. The minimum Gasteiger partial charge on any atom is -0.487 e. The number of carbonyl (C=O) groups is 2. The zero-order chi connectivity index (χ0) is 34.0. The van der Waals surface area contributed by atoms with Crippen molar-refractivity contribution in [3.8, 4) is 11.5 Å². The molecule has 0 fully saturated rings. The fourth-order valence-electron chi connectivity index (χ4n) is 6.14. The Balaban J connectivity index is 0.874. The fraction of sp³-hybridized carbons (Fsp3) is 0.189. The third-order valence-electron chi connectivity index (χ3n) is 8.57. The molecule has 2 amide bonds. The first kappa shape index (κ1) is 30.9. The van der Waals surface area contributed by atoms with E-state index in [4.69, 9.17) is 9.47 Å². The van der Waals surface area contributed by atoms with Gasteiger partial charge in [-0.15, -0.1) is 0 Å². The Bertz CT molecular complexity index is 2180. The summed E-state index contributed by atoms with van der Waals surface area (Å²) in [6, 6.07) is 25.9. The smallest absolute Gasteiger partial charge is 0.277 e. The van der Waals surface area contributed by atoms with Crippen LogP contribution in [0.4, 0.5) is 15.9 Å². The maximum Gasteiger partial charge on any atom is 0.277 e. The molecule has 0 radical (unpaired) electrons. The number of anilines is 2. The highest BCUT2D eigenvalue weighted by molar-refractivity contribution is 6.06. The van der Waals surface area contributed by atoms with Crippen LogP contribution < -0.4 is 19.3 Å². The first-order chi connectivity index (χ1) is 24.5. The van der Waals surface area contributed by atoms with Gasteiger partial charge in [-0.2, -0.15) is 10.2 Å². The zero-order valence-electron chi connectivity index (χ0n) is 26.9. The van der Waals surface area contributed by atoms with Crippen LogP contribution in [0.25, 0.3) is 0 Å². The number of para-hydroxylation sites is 1. The van der Waals surface area contributed by atoms with Crippen molar-refractivity contribution in [2.45, 2.75) is 32.7 Å². The van der Waals surface area contributed by atoms with Crippen molar-refractivity contribution >= 4 is 23.3 Å². The third-order valence-corrected chi connectivity index (χ3v) is 8.57. The minimum atomic E-state index is -0.497. The van der Waals surface area contributed by atoms with E-state index in [-0.39, 0.29) is 25.0 Å². The molecule has 6 aromatic rings. The highest BCUT2D eigenvalue weighted by Crippen LogP contribution is 2.25. The number of rotatable bonds is 10. The van der Waals surface area contributed by atoms with E-state index in [1.165, 1.54) is 17.2 Å². The fourth-order valence-corrected chi connectivity index (χ4v) is 6.14. The number of amides is 2. The van der Waals surface area contributed by atoms with Crippen molar-refractivity contribution in [2.24, 2.45) is 0 Å². The van der Waals surface area contributed by atoms with Crippen LogP contribution in [0.5, 0.6) is 11.5 Å². The van der Waals surface area contributed by atoms with E-state index < -0.39 is 5.82 Å². The van der Waals surface area contributed by atoms with Crippen molar-refractivity contribution in [1.82, 2.24) is 29.5 Å². The molecule has 0 saturated heterocycles. The molecule has 0 unspecified atom stereocenters. The Kier molecular flexibility index (Phi) is 8.21. The summed E-state index contributed by atoms with van der Waals surface area (Å²) in [5.74, 6) is 1.09. The molecule has 0 atom stereocenters. The van der Waals surface area contributed by atoms with E-state index in [0.717, 1.165) is 23.1 Å². The van der Waals surface area contributed by atoms with Gasteiger partial charge in [-0.25, -0.2) is 9.37 Å². The molecule has 2 aliphatic rings. The van der Waals surface area contributed by atoms with Gasteiger partial charge < -0.3 is 14.4 Å². The molecule has 250 valence electrons. The number of aromatic nitrogens is 6. The van der Waals surface area contributed by atoms with Crippen LogP contribution in [0, 0.1) is 5.82 Å². The van der Waals surface area contributed by atoms with E-state index in [9.17, 15) is 14.0 Å². The Labute approximate surface area is 286 Å². The number of fused-ring (bicyclic) bond motifs is 2. The molecule has 13 heteroatoms. The number of hydrogen-bond donors (Lipinski definition) is 0. The second-order valence-electron chi connectivity index (χ2n) is 12.0. The Morgan fingerprint density at radius 1 is 0.640 bits per heavy atom. The quantitative estimate of drug-likeness (QED) is 0.198. The average Bonchev–Trinajstić information content (AvgIpc) is 3.76. The van der Waals surface area contributed by atoms with Crippen LogP contribution in [-0.2, 0) is 32.7 Å². The Hall–Kier alpha value is -6.37. The first-order valence-electron chi connectivity index (χ1n) is 16.2. The average molecular weight is 671 g/mol. The standard InChI is InChI=1S/C37H31FN8O4/c38-27-17-30(22-39-21-27)43-11-13-45-33(36(43)47)18-29(42-45)24-50-32-8-4-5-25(16-32)15-26-9-10-35(40-20-26)44-12-14-46-34(37(44)48)19-28(41-46)23-49-31-6-2-1-3-7-31/h1-10,16-22H,11-15,23-24H2. The summed E-state index contributed by atoms with van der Waals surface area (Å²) >= 11 is 0. The normalized spacial score (nSPS) is 14.0. The van der Waals surface area contributed by atoms with Gasteiger partial charge >= 0.3 is 0 Å². The van der Waals surface area contributed by atoms with E-state index in [0.29, 0.717) is 72.6 Å². The number of carbonyl (C=O) groups excluding carboxylic acids is 2. The van der Waals surface area contributed by atoms with Crippen LogP contribution in [0.15, 0.2) is 104 Å². The maximum atomic E-state index is 13.7. The second-order valence-corrected chi connectivity index (χ2v) is 12.0. The van der Waals surface area contributed by atoms with Crippen molar-refractivity contribution in [1.29, 1.82) is 0 Å². The third kappa shape index (κ3) is 6.40. The van der Waals surface area contributed by atoms with Crippen LogP contribution >= 0.6 is 0 Å². The molecule has 0 bridgehead atoms. The summed E-state index contributed by atoms with van der Waals surface area (Å²) in [5.41, 5.74) is 4.66. The Morgan fingerprint density at radius 3 is 2.02 bits per heavy atom. The maximum absolute atomic E-state index is 13.7. The predicted molar refractivity (Wildman–Crippen MR) is 181 cm³/mol. The van der Waals surface area contributed by atoms with E-state index >= 15 is 0 Å². The van der Waals surface area contributed by atoms with Crippen LogP contribution in [0.1, 0.15) is 43.5 Å². The lowest BCUT2D eigenvalue weighted by Gasteiger charge is -2.27. The monoisotopic (exact) mass is 670 g/mol. The molecular weight excluding hydrogens is 639 g/mol. The minimum absolute atomic E-state index is 0.149. The number of benzene rings is 2. The van der Waals surface area contributed by atoms with Gasteiger partial charge in [0.1, 0.15) is 59.1 Å². The van der Waals surface area contributed by atoms with Gasteiger partial charge in [0.15, 0.2) is 0 Å².